The summed E-state index contributed by atoms with van der Waals surface area (Å²) in [5.74, 6) is 0.169. The quantitative estimate of drug-likeness (QED) is 0.572. The van der Waals surface area contributed by atoms with Gasteiger partial charge in [-0.3, -0.25) is 4.55 Å². The minimum absolute atomic E-state index is 0.120. The van der Waals surface area contributed by atoms with Gasteiger partial charge in [0.1, 0.15) is 10.5 Å². The van der Waals surface area contributed by atoms with Crippen molar-refractivity contribution >= 4 is 20.2 Å². The third-order valence-corrected chi connectivity index (χ3v) is 7.25. The highest BCUT2D eigenvalue weighted by Crippen LogP contribution is 2.32. The van der Waals surface area contributed by atoms with Crippen LogP contribution in [0.3, 0.4) is 0 Å². The first-order valence-corrected chi connectivity index (χ1v) is 9.92. The average molecular weight is 350 g/mol. The highest BCUT2D eigenvalue weighted by atomic mass is 32.2. The summed E-state index contributed by atoms with van der Waals surface area (Å²) < 4.78 is 60.7. The lowest BCUT2D eigenvalue weighted by Crippen LogP contribution is -2.42. The summed E-state index contributed by atoms with van der Waals surface area (Å²) in [7, 11) is -8.38. The molecule has 0 radical (unpaired) electrons. The normalized spacial score (nSPS) is 16.7. The van der Waals surface area contributed by atoms with E-state index in [9.17, 15) is 21.4 Å². The third kappa shape index (κ3) is 4.44. The van der Waals surface area contributed by atoms with Crippen LogP contribution in [0, 0.1) is 0 Å². The van der Waals surface area contributed by atoms with Gasteiger partial charge in [0.2, 0.25) is 0 Å². The van der Waals surface area contributed by atoms with Crippen LogP contribution in [0.1, 0.15) is 40.0 Å². The zero-order valence-electron chi connectivity index (χ0n) is 12.9. The number of benzene rings is 1. The maximum Gasteiger partial charge on any atom is 0.314 e. The maximum atomic E-state index is 12.5. The van der Waals surface area contributed by atoms with Crippen LogP contribution in [0.5, 0.6) is 5.75 Å². The van der Waals surface area contributed by atoms with Gasteiger partial charge >= 0.3 is 10.1 Å². The summed E-state index contributed by atoms with van der Waals surface area (Å²) in [5.41, 5.74) is 0. The minimum Gasteiger partial charge on any atom is -0.382 e. The first-order chi connectivity index (χ1) is 10.1. The van der Waals surface area contributed by atoms with Crippen molar-refractivity contribution in [2.45, 2.75) is 50.0 Å². The second kappa shape index (κ2) is 6.97. The number of hydrogen-bond donors (Lipinski definition) is 1. The van der Waals surface area contributed by atoms with Crippen LogP contribution in [0.25, 0.3) is 0 Å². The van der Waals surface area contributed by atoms with Gasteiger partial charge in [0.25, 0.3) is 10.1 Å². The molecule has 0 heterocycles. The molecule has 126 valence electrons. The Morgan fingerprint density at radius 3 is 2.09 bits per heavy atom. The van der Waals surface area contributed by atoms with Crippen molar-refractivity contribution in [2.75, 3.05) is 0 Å². The molecule has 0 bridgehead atoms. The van der Waals surface area contributed by atoms with E-state index in [4.69, 9.17) is 4.18 Å². The Morgan fingerprint density at radius 2 is 1.68 bits per heavy atom. The van der Waals surface area contributed by atoms with E-state index in [0.717, 1.165) is 0 Å². The van der Waals surface area contributed by atoms with Crippen LogP contribution >= 0.6 is 0 Å². The lowest BCUT2D eigenvalue weighted by atomic mass is 10.0. The first-order valence-electron chi connectivity index (χ1n) is 7.01. The van der Waals surface area contributed by atoms with Crippen molar-refractivity contribution in [3.05, 3.63) is 30.3 Å². The molecule has 1 N–H and O–H groups in total. The van der Waals surface area contributed by atoms with Crippen molar-refractivity contribution in [1.29, 1.82) is 0 Å². The Bertz CT molecular complexity index is 681. The zero-order valence-corrected chi connectivity index (χ0v) is 14.5. The van der Waals surface area contributed by atoms with E-state index in [1.54, 1.807) is 32.0 Å². The van der Waals surface area contributed by atoms with Crippen molar-refractivity contribution in [3.63, 3.8) is 0 Å². The molecule has 0 fully saturated rings. The van der Waals surface area contributed by atoms with Crippen LogP contribution in [0.2, 0.25) is 0 Å². The molecule has 6 nitrogen and oxygen atoms in total. The molecule has 2 unspecified atom stereocenters. The molecule has 0 aliphatic carbocycles. The number of rotatable bonds is 8. The second-order valence-electron chi connectivity index (χ2n) is 5.40. The van der Waals surface area contributed by atoms with Gasteiger partial charge in [0.15, 0.2) is 0 Å². The lowest BCUT2D eigenvalue weighted by molar-refractivity contribution is 0.398. The smallest absolute Gasteiger partial charge is 0.314 e. The molecule has 0 aromatic heterocycles. The molecule has 1 aromatic rings. The van der Waals surface area contributed by atoms with Gasteiger partial charge in [-0.05, 0) is 38.3 Å². The Labute approximate surface area is 132 Å². The summed E-state index contributed by atoms with van der Waals surface area (Å²) in [5, 5.41) is -1.15. The predicted molar refractivity (Wildman–Crippen MR) is 84.9 cm³/mol. The highest BCUT2D eigenvalue weighted by Gasteiger charge is 2.43. The zero-order chi connectivity index (χ0) is 17.0. The first kappa shape index (κ1) is 18.9. The fraction of sp³-hybridized carbons (Fsp3) is 0.571. The number of para-hydroxylation sites is 1. The van der Waals surface area contributed by atoms with Crippen LogP contribution in [-0.4, -0.2) is 31.4 Å². The topological polar surface area (TPSA) is 97.7 Å². The molecule has 0 aliphatic rings. The average Bonchev–Trinajstić information content (AvgIpc) is 2.43. The van der Waals surface area contributed by atoms with E-state index in [1.807, 2.05) is 0 Å². The largest absolute Gasteiger partial charge is 0.382 e. The van der Waals surface area contributed by atoms with Crippen molar-refractivity contribution in [1.82, 2.24) is 0 Å². The molecule has 22 heavy (non-hydrogen) atoms. The van der Waals surface area contributed by atoms with E-state index < -0.39 is 30.2 Å². The maximum absolute atomic E-state index is 12.5. The molecule has 8 heteroatoms. The fourth-order valence-corrected chi connectivity index (χ4v) is 4.50. The predicted octanol–water partition coefficient (Wildman–Crippen LogP) is 2.62. The Morgan fingerprint density at radius 1 is 1.14 bits per heavy atom. The molecule has 1 rings (SSSR count). The molecule has 0 saturated carbocycles. The van der Waals surface area contributed by atoms with Gasteiger partial charge in [-0.15, -0.1) is 0 Å². The molecule has 1 aromatic carbocycles. The Kier molecular flexibility index (Phi) is 6.00. The SMILES string of the molecule is CCC(CC(C)(CC)S(=O)(=O)Oc1ccccc1)S(=O)(=O)O. The molecule has 0 amide bonds. The Balaban J connectivity index is 3.10. The highest BCUT2D eigenvalue weighted by molar-refractivity contribution is 7.88. The van der Waals surface area contributed by atoms with E-state index in [2.05, 4.69) is 0 Å². The van der Waals surface area contributed by atoms with E-state index in [-0.39, 0.29) is 25.0 Å². The van der Waals surface area contributed by atoms with E-state index in [1.165, 1.54) is 19.1 Å². The summed E-state index contributed by atoms with van der Waals surface area (Å²) in [6.45, 7) is 4.65. The summed E-state index contributed by atoms with van der Waals surface area (Å²) in [6, 6.07) is 8.02. The van der Waals surface area contributed by atoms with Crippen molar-refractivity contribution in [3.8, 4) is 5.75 Å². The summed E-state index contributed by atoms with van der Waals surface area (Å²) >= 11 is 0. The van der Waals surface area contributed by atoms with Crippen LogP contribution in [0.4, 0.5) is 0 Å². The molecule has 0 spiro atoms. The summed E-state index contributed by atoms with van der Waals surface area (Å²) in [4.78, 5) is 0. The van der Waals surface area contributed by atoms with Gasteiger partial charge in [-0.25, -0.2) is 0 Å². The number of hydrogen-bond acceptors (Lipinski definition) is 5. The fourth-order valence-electron chi connectivity index (χ4n) is 2.07. The van der Waals surface area contributed by atoms with E-state index >= 15 is 0 Å². The molecule has 0 aliphatic heterocycles. The summed E-state index contributed by atoms with van der Waals surface area (Å²) in [6.07, 6.45) is 0.0530. The molecule has 2 atom stereocenters. The van der Waals surface area contributed by atoms with E-state index in [0.29, 0.717) is 0 Å². The van der Waals surface area contributed by atoms with Crippen molar-refractivity contribution in [2.24, 2.45) is 0 Å². The minimum atomic E-state index is -4.31. The van der Waals surface area contributed by atoms with Gasteiger partial charge < -0.3 is 4.18 Å². The van der Waals surface area contributed by atoms with Gasteiger partial charge in [0.05, 0.1) is 5.25 Å². The Hall–Kier alpha value is -1.12. The van der Waals surface area contributed by atoms with Crippen molar-refractivity contribution < 1.29 is 25.6 Å². The monoisotopic (exact) mass is 350 g/mol. The lowest BCUT2D eigenvalue weighted by Gasteiger charge is -2.29. The van der Waals surface area contributed by atoms with Gasteiger partial charge in [0, 0.05) is 0 Å². The van der Waals surface area contributed by atoms with Crippen LogP contribution in [-0.2, 0) is 20.2 Å². The second-order valence-corrected chi connectivity index (χ2v) is 9.16. The molecule has 0 saturated heterocycles. The van der Waals surface area contributed by atoms with Gasteiger partial charge in [-0.2, -0.15) is 16.8 Å². The standard InChI is InChI=1S/C14H22O6S2/c1-4-13(21(15,16)17)11-14(3,5-2)22(18,19)20-12-9-7-6-8-10-12/h6-10,13H,4-5,11H2,1-3H3,(H,15,16,17). The van der Waals surface area contributed by atoms with Crippen LogP contribution < -0.4 is 4.18 Å². The van der Waals surface area contributed by atoms with Crippen LogP contribution in [0.15, 0.2) is 30.3 Å². The third-order valence-electron chi connectivity index (χ3n) is 3.84. The molecular formula is C14H22O6S2. The molecular weight excluding hydrogens is 328 g/mol. The van der Waals surface area contributed by atoms with Gasteiger partial charge in [-0.1, -0.05) is 32.0 Å².